The van der Waals surface area contributed by atoms with Crippen LogP contribution in [0.3, 0.4) is 0 Å². The van der Waals surface area contributed by atoms with E-state index in [1.807, 2.05) is 84.6 Å². The van der Waals surface area contributed by atoms with Gasteiger partial charge >= 0.3 is 0 Å². The molecular weight excluding hydrogens is 1590 g/mol. The fraction of sp³-hybridized carbons (Fsp3) is 0.945. The lowest BCUT2D eigenvalue weighted by molar-refractivity contribution is -0.885. The quantitative estimate of drug-likeness (QED) is 0.0408. The topological polar surface area (TPSA) is 241 Å². The van der Waals surface area contributed by atoms with Crippen molar-refractivity contribution in [3.05, 3.63) is 0 Å². The van der Waals surface area contributed by atoms with Crippen LogP contribution >= 0.6 is 0 Å². The molecule has 18 nitrogen and oxygen atoms in total. The SMILES string of the molecule is CCCCCCCCCCCCCCCCCC[N+](C)(C)CC(=O)[O-].CCCCCCCCCCCCCCCC[N+](C)(C)CC(=O)[O-].CCCCCCCCCCCCCCC[N+](C)(C)CC(=O)[O-].CCCCCCCCCCCCCC[N+](C)(C)CC(=O)[O-].CCCCCCCCCCCC[N+](C)(C)CC(=O)[O-].CCCCCCCCCC[N+](C)(C)CC(=O)[O-]. The summed E-state index contributed by atoms with van der Waals surface area (Å²) in [4.78, 5) is 63.6. The smallest absolute Gasteiger partial charge is 0.119 e. The number of aliphatic carboxylic acids is 6. The number of carboxylic acid groups (broad SMARTS) is 6. The summed E-state index contributed by atoms with van der Waals surface area (Å²) in [6, 6.07) is 0. The van der Waals surface area contributed by atoms with Crippen LogP contribution < -0.4 is 30.6 Å². The standard InChI is InChI=1S/C22H45NO2.C20H41NO2.C19H39NO2.C18H37NO2.C16H33NO2.C14H29NO2/c1-4-5-6-7-8-9-10-11-12-13-14-15-16-17-18-19-20-23(2,3)21-22(24)25;1-4-5-6-7-8-9-10-11-12-13-14-15-16-17-18-21(2,3)19-20(22)23;1-4-5-6-7-8-9-10-11-12-13-14-15-16-17-20(2,3)18-19(21)22;1-4-5-6-7-8-9-10-11-12-13-14-15-16-19(2,3)17-18(20)21;1-4-5-6-7-8-9-10-11-12-13-14-17(2,3)15-16(18)19;1-4-5-6-7-8-9-10-11-12-15(2,3)13-14(16)17/h4-21H2,1-3H3;4-19H2,1-3H3;4-18H2,1-3H3;4-17H2,1-3H3;4-15H2,1-3H3;4-13H2,1-3H3. The molecule has 0 aliphatic rings. The van der Waals surface area contributed by atoms with E-state index in [2.05, 4.69) is 41.5 Å². The first kappa shape index (κ1) is 134. The second-order valence-electron chi connectivity index (χ2n) is 42.8. The van der Waals surface area contributed by atoms with Gasteiger partial charge in [-0.2, -0.15) is 0 Å². The van der Waals surface area contributed by atoms with E-state index in [1.165, 1.54) is 430 Å². The Morgan fingerprint density at radius 3 is 0.252 bits per heavy atom. The molecule has 0 bridgehead atoms. The molecule has 127 heavy (non-hydrogen) atoms. The molecule has 0 aliphatic heterocycles. The van der Waals surface area contributed by atoms with Gasteiger partial charge in [-0.15, -0.1) is 0 Å². The summed E-state index contributed by atoms with van der Waals surface area (Å²) in [5.41, 5.74) is 0. The predicted octanol–water partition coefficient (Wildman–Crippen LogP) is 21.5. The van der Waals surface area contributed by atoms with Gasteiger partial charge in [-0.3, -0.25) is 0 Å². The van der Waals surface area contributed by atoms with Gasteiger partial charge in [0.15, 0.2) is 0 Å². The molecule has 0 unspecified atom stereocenters. The number of rotatable bonds is 91. The van der Waals surface area contributed by atoms with Gasteiger partial charge in [-0.05, 0) is 77.0 Å². The lowest BCUT2D eigenvalue weighted by Crippen LogP contribution is -2.48. The summed E-state index contributed by atoms with van der Waals surface area (Å²) >= 11 is 0. The van der Waals surface area contributed by atoms with Crippen LogP contribution in [-0.2, 0) is 28.8 Å². The van der Waals surface area contributed by atoms with Gasteiger partial charge in [-0.1, -0.05) is 433 Å². The minimum Gasteiger partial charge on any atom is -0.544 e. The molecule has 0 spiro atoms. The Hall–Kier alpha value is -3.42. The van der Waals surface area contributed by atoms with Crippen LogP contribution in [0, 0.1) is 0 Å². The Bertz CT molecular complexity index is 2330. The molecule has 0 aromatic heterocycles. The first-order valence-corrected chi connectivity index (χ1v) is 54.5. The van der Waals surface area contributed by atoms with Gasteiger partial charge in [0.1, 0.15) is 39.3 Å². The maximum Gasteiger partial charge on any atom is 0.119 e. The van der Waals surface area contributed by atoms with Crippen LogP contribution in [0.15, 0.2) is 0 Å². The fourth-order valence-electron chi connectivity index (χ4n) is 17.0. The number of carboxylic acids is 6. The Morgan fingerprint density at radius 2 is 0.189 bits per heavy atom. The molecule has 0 saturated heterocycles. The van der Waals surface area contributed by atoms with E-state index in [-0.39, 0.29) is 39.3 Å². The number of carbonyl (C=O) groups excluding carboxylic acids is 6. The number of quaternary nitrogens is 6. The molecule has 762 valence electrons. The summed E-state index contributed by atoms with van der Waals surface area (Å²) in [5, 5.41) is 63.6. The number of nitrogens with zero attached hydrogens (tertiary/aromatic N) is 6. The van der Waals surface area contributed by atoms with Crippen molar-refractivity contribution >= 4 is 35.8 Å². The van der Waals surface area contributed by atoms with Crippen LogP contribution in [0.5, 0.6) is 0 Å². The van der Waals surface area contributed by atoms with Gasteiger partial charge in [-0.25, -0.2) is 0 Å². The van der Waals surface area contributed by atoms with E-state index in [9.17, 15) is 59.4 Å². The van der Waals surface area contributed by atoms with Crippen molar-refractivity contribution < 1.29 is 86.3 Å². The third kappa shape index (κ3) is 129. The van der Waals surface area contributed by atoms with Crippen molar-refractivity contribution in [2.24, 2.45) is 0 Å². The number of likely N-dealkylation sites (N-methyl/N-ethyl adjacent to an activating group) is 6. The summed E-state index contributed by atoms with van der Waals surface area (Å²) in [7, 11) is 23.6. The monoisotopic (exact) mass is 1810 g/mol. The van der Waals surface area contributed by atoms with Crippen molar-refractivity contribution in [3.63, 3.8) is 0 Å². The first-order chi connectivity index (χ1) is 60.4. The molecule has 0 fully saturated rings. The molecule has 18 heteroatoms. The van der Waals surface area contributed by atoms with Crippen molar-refractivity contribution in [2.75, 3.05) is 163 Å². The highest BCUT2D eigenvalue weighted by atomic mass is 16.4. The molecular formula is C109H224N6O12. The van der Waals surface area contributed by atoms with E-state index in [1.54, 1.807) is 0 Å². The molecule has 0 N–H and O–H groups in total. The van der Waals surface area contributed by atoms with Crippen LogP contribution in [0.4, 0.5) is 0 Å². The summed E-state index contributed by atoms with van der Waals surface area (Å²) in [6.07, 6.45) is 98.2. The highest BCUT2D eigenvalue weighted by molar-refractivity contribution is 5.67. The molecule has 0 saturated carbocycles. The normalized spacial score (nSPS) is 11.8. The Kier molecular flexibility index (Phi) is 104. The Morgan fingerprint density at radius 1 is 0.126 bits per heavy atom. The average molecular weight is 1810 g/mol. The van der Waals surface area contributed by atoms with Gasteiger partial charge in [0.05, 0.1) is 160 Å². The minimum absolute atomic E-state index is 0.122. The first-order valence-electron chi connectivity index (χ1n) is 54.5. The third-order valence-corrected chi connectivity index (χ3v) is 25.3. The van der Waals surface area contributed by atoms with Crippen molar-refractivity contribution in [2.45, 2.75) is 510 Å². The molecule has 0 aromatic rings. The number of hydrogen-bond donors (Lipinski definition) is 0. The number of hydrogen-bond acceptors (Lipinski definition) is 12. The van der Waals surface area contributed by atoms with Gasteiger partial charge in [0.2, 0.25) is 0 Å². The lowest BCUT2D eigenvalue weighted by atomic mass is 10.0. The van der Waals surface area contributed by atoms with E-state index >= 15 is 0 Å². The van der Waals surface area contributed by atoms with Gasteiger partial charge < -0.3 is 86.3 Å². The predicted molar refractivity (Wildman–Crippen MR) is 532 cm³/mol. The summed E-state index contributed by atoms with van der Waals surface area (Å²) in [5.74, 6) is -5.67. The zero-order valence-electron chi connectivity index (χ0n) is 88.7. The van der Waals surface area contributed by atoms with Crippen molar-refractivity contribution in [3.8, 4) is 0 Å². The number of unbranched alkanes of at least 4 members (excludes halogenated alkanes) is 67. The average Bonchev–Trinajstić information content (AvgIpc) is 0.957. The van der Waals surface area contributed by atoms with Crippen LogP contribution in [0.1, 0.15) is 510 Å². The molecule has 0 aliphatic carbocycles. The van der Waals surface area contributed by atoms with Crippen LogP contribution in [-0.4, -0.2) is 226 Å². The zero-order valence-corrected chi connectivity index (χ0v) is 88.7. The maximum absolute atomic E-state index is 10.7. The largest absolute Gasteiger partial charge is 0.544 e. The van der Waals surface area contributed by atoms with E-state index in [0.717, 1.165) is 77.8 Å². The van der Waals surface area contributed by atoms with Crippen LogP contribution in [0.2, 0.25) is 0 Å². The van der Waals surface area contributed by atoms with Crippen LogP contribution in [0.25, 0.3) is 0 Å². The Balaban J connectivity index is -0.000000347. The minimum atomic E-state index is -0.949. The lowest BCUT2D eigenvalue weighted by Gasteiger charge is -2.30. The van der Waals surface area contributed by atoms with Crippen molar-refractivity contribution in [1.82, 2.24) is 0 Å². The highest BCUT2D eigenvalue weighted by Crippen LogP contribution is 2.21. The summed E-state index contributed by atoms with van der Waals surface area (Å²) in [6.45, 7) is 19.9. The molecule has 0 amide bonds. The van der Waals surface area contributed by atoms with E-state index < -0.39 is 35.8 Å². The molecule has 0 radical (unpaired) electrons. The molecule has 0 atom stereocenters. The molecule has 0 heterocycles. The third-order valence-electron chi connectivity index (χ3n) is 25.3. The second-order valence-corrected chi connectivity index (χ2v) is 42.8. The zero-order chi connectivity index (χ0) is 96.6. The van der Waals surface area contributed by atoms with Gasteiger partial charge in [0, 0.05) is 0 Å². The van der Waals surface area contributed by atoms with Gasteiger partial charge in [0.25, 0.3) is 0 Å². The second kappa shape index (κ2) is 98.6. The Labute approximate surface area is 791 Å². The molecule has 0 rings (SSSR count). The summed E-state index contributed by atoms with van der Waals surface area (Å²) < 4.78 is 3.25. The van der Waals surface area contributed by atoms with E-state index in [4.69, 9.17) is 0 Å². The van der Waals surface area contributed by atoms with Crippen molar-refractivity contribution in [1.29, 1.82) is 0 Å². The number of carbonyl (C=O) groups is 6. The van der Waals surface area contributed by atoms with E-state index in [0.29, 0.717) is 26.9 Å². The molecule has 0 aromatic carbocycles. The maximum atomic E-state index is 10.7. The highest BCUT2D eigenvalue weighted by Gasteiger charge is 2.20. The fourth-order valence-corrected chi connectivity index (χ4v) is 17.0.